The van der Waals surface area contributed by atoms with Crippen molar-refractivity contribution in [3.05, 3.63) is 30.0 Å². The Balaban J connectivity index is 1.77. The van der Waals surface area contributed by atoms with Crippen LogP contribution < -0.4 is 20.7 Å². The minimum atomic E-state index is -4.90. The summed E-state index contributed by atoms with van der Waals surface area (Å²) in [5.74, 6) is -2.33. The molecule has 0 aliphatic carbocycles. The lowest BCUT2D eigenvalue weighted by molar-refractivity contribution is -0.274. The maximum absolute atomic E-state index is 13.1. The summed E-state index contributed by atoms with van der Waals surface area (Å²) >= 11 is 0. The Hall–Kier alpha value is -3.75. The number of hydrogen-bond donors (Lipinski definition) is 4. The Morgan fingerprint density at radius 2 is 1.97 bits per heavy atom. The Labute approximate surface area is 205 Å². The summed E-state index contributed by atoms with van der Waals surface area (Å²) in [4.78, 5) is 40.6. The van der Waals surface area contributed by atoms with E-state index in [2.05, 4.69) is 25.7 Å². The third-order valence-electron chi connectivity index (χ3n) is 5.69. The Morgan fingerprint density at radius 1 is 1.25 bits per heavy atom. The number of hydrogen-bond acceptors (Lipinski definition) is 5. The molecule has 2 heterocycles. The molecule has 194 valence electrons. The summed E-state index contributed by atoms with van der Waals surface area (Å²) in [6, 6.07) is 5.21. The fourth-order valence-electron chi connectivity index (χ4n) is 4.09. The first-order chi connectivity index (χ1) is 16.8. The molecule has 0 radical (unpaired) electrons. The molecule has 3 atom stereocenters. The molecule has 1 aromatic heterocycles. The molecule has 0 saturated carbocycles. The third kappa shape index (κ3) is 7.13. The molecule has 0 unspecified atom stereocenters. The molecule has 2 aromatic rings. The number of ether oxygens (including phenoxy) is 1. The van der Waals surface area contributed by atoms with E-state index in [9.17, 15) is 32.8 Å². The molecule has 0 bridgehead atoms. The summed E-state index contributed by atoms with van der Waals surface area (Å²) in [7, 11) is 0. The number of fused-ring (bicyclic) bond motifs is 1. The second-order valence-electron chi connectivity index (χ2n) is 9.94. The molecule has 3 amide bonds. The van der Waals surface area contributed by atoms with Crippen LogP contribution in [0.15, 0.2) is 24.3 Å². The van der Waals surface area contributed by atoms with E-state index in [4.69, 9.17) is 0 Å². The van der Waals surface area contributed by atoms with E-state index in [1.54, 1.807) is 0 Å². The summed E-state index contributed by atoms with van der Waals surface area (Å²) in [6.07, 6.45) is -3.97. The van der Waals surface area contributed by atoms with Gasteiger partial charge in [0.05, 0.1) is 6.07 Å². The second-order valence-corrected chi connectivity index (χ2v) is 9.94. The Bertz CT molecular complexity index is 1180. The van der Waals surface area contributed by atoms with Gasteiger partial charge in [-0.3, -0.25) is 14.4 Å². The van der Waals surface area contributed by atoms with Gasteiger partial charge in [0, 0.05) is 23.4 Å². The number of halogens is 3. The lowest BCUT2D eigenvalue weighted by Crippen LogP contribution is -2.51. The molecule has 1 aliphatic heterocycles. The first-order valence-electron chi connectivity index (χ1n) is 11.4. The van der Waals surface area contributed by atoms with E-state index in [1.807, 2.05) is 26.8 Å². The van der Waals surface area contributed by atoms with Gasteiger partial charge in [-0.1, -0.05) is 26.8 Å². The van der Waals surface area contributed by atoms with Crippen LogP contribution in [0.4, 0.5) is 13.2 Å². The van der Waals surface area contributed by atoms with Gasteiger partial charge in [0.1, 0.15) is 23.5 Å². The van der Waals surface area contributed by atoms with Crippen LogP contribution in [0.25, 0.3) is 10.9 Å². The molecule has 1 fully saturated rings. The van der Waals surface area contributed by atoms with E-state index in [0.717, 1.165) is 6.07 Å². The number of carbonyl (C=O) groups is 3. The number of nitrogens with zero attached hydrogens (tertiary/aromatic N) is 1. The van der Waals surface area contributed by atoms with Gasteiger partial charge in [-0.25, -0.2) is 0 Å². The lowest BCUT2D eigenvalue weighted by atomic mass is 9.87. The smallest absolute Gasteiger partial charge is 0.405 e. The quantitative estimate of drug-likeness (QED) is 0.435. The van der Waals surface area contributed by atoms with Crippen molar-refractivity contribution in [3.8, 4) is 11.8 Å². The van der Waals surface area contributed by atoms with Gasteiger partial charge in [0.15, 0.2) is 0 Å². The summed E-state index contributed by atoms with van der Waals surface area (Å²) in [5.41, 5.74) is -0.204. The number of alkyl halides is 3. The summed E-state index contributed by atoms with van der Waals surface area (Å²) < 4.78 is 42.2. The van der Waals surface area contributed by atoms with Gasteiger partial charge in [0.2, 0.25) is 11.8 Å². The standard InChI is InChI=1S/C24H28F3N5O4/c1-23(2,3)11-18(22(35)30-14(12-28)9-13-7-8-29-20(13)33)32-21(34)17-10-15-16(31-17)5-4-6-19(15)36-24(25,26)27/h4-6,10,13-14,18,31H,7-9,11H2,1-3H3,(H,29,33)(H,30,35)(H,32,34)/t13-,14-,18-/m0/s1. The van der Waals surface area contributed by atoms with Crippen LogP contribution in [0.2, 0.25) is 0 Å². The molecule has 1 aromatic carbocycles. The number of rotatable bonds is 8. The number of nitrogens with one attached hydrogen (secondary N) is 4. The van der Waals surface area contributed by atoms with E-state index >= 15 is 0 Å². The van der Waals surface area contributed by atoms with Crippen molar-refractivity contribution in [1.82, 2.24) is 20.9 Å². The predicted molar refractivity (Wildman–Crippen MR) is 124 cm³/mol. The summed E-state index contributed by atoms with van der Waals surface area (Å²) in [5, 5.41) is 17.5. The van der Waals surface area contributed by atoms with Crippen LogP contribution in [-0.2, 0) is 9.59 Å². The molecular formula is C24H28F3N5O4. The van der Waals surface area contributed by atoms with Crippen LogP contribution in [-0.4, -0.2) is 47.7 Å². The molecule has 3 rings (SSSR count). The minimum Gasteiger partial charge on any atom is -0.405 e. The first-order valence-corrected chi connectivity index (χ1v) is 11.4. The van der Waals surface area contributed by atoms with Crippen molar-refractivity contribution >= 4 is 28.6 Å². The SMILES string of the molecule is CC(C)(C)C[C@H](NC(=O)c1cc2c(OC(F)(F)F)cccc2[nH]1)C(=O)N[C@H](C#N)C[C@@H]1CCNC1=O. The van der Waals surface area contributed by atoms with Crippen LogP contribution >= 0.6 is 0 Å². The molecular weight excluding hydrogens is 479 g/mol. The van der Waals surface area contributed by atoms with Crippen LogP contribution in [0, 0.1) is 22.7 Å². The number of benzene rings is 1. The van der Waals surface area contributed by atoms with Crippen molar-refractivity contribution in [1.29, 1.82) is 5.26 Å². The molecule has 36 heavy (non-hydrogen) atoms. The van der Waals surface area contributed by atoms with Crippen LogP contribution in [0.3, 0.4) is 0 Å². The fourth-order valence-corrected chi connectivity index (χ4v) is 4.09. The maximum Gasteiger partial charge on any atom is 0.573 e. The van der Waals surface area contributed by atoms with Crippen molar-refractivity contribution in [2.45, 2.75) is 58.5 Å². The first kappa shape index (κ1) is 26.8. The van der Waals surface area contributed by atoms with Gasteiger partial charge in [-0.2, -0.15) is 5.26 Å². The van der Waals surface area contributed by atoms with E-state index < -0.39 is 41.4 Å². The molecule has 1 saturated heterocycles. The van der Waals surface area contributed by atoms with Crippen molar-refractivity contribution in [2.24, 2.45) is 11.3 Å². The van der Waals surface area contributed by atoms with Gasteiger partial charge in [-0.15, -0.1) is 13.2 Å². The van der Waals surface area contributed by atoms with E-state index in [-0.39, 0.29) is 41.3 Å². The normalized spacial score (nSPS) is 17.7. The van der Waals surface area contributed by atoms with Crippen LogP contribution in [0.1, 0.15) is 50.5 Å². The highest BCUT2D eigenvalue weighted by Crippen LogP contribution is 2.31. The van der Waals surface area contributed by atoms with Crippen molar-refractivity contribution in [2.75, 3.05) is 6.54 Å². The minimum absolute atomic E-state index is 0.0520. The number of amides is 3. The zero-order chi connectivity index (χ0) is 26.7. The Morgan fingerprint density at radius 3 is 2.56 bits per heavy atom. The van der Waals surface area contributed by atoms with E-state index in [1.165, 1.54) is 18.2 Å². The fraction of sp³-hybridized carbons (Fsp3) is 0.500. The number of aromatic amines is 1. The highest BCUT2D eigenvalue weighted by molar-refractivity contribution is 6.01. The lowest BCUT2D eigenvalue weighted by Gasteiger charge is -2.27. The van der Waals surface area contributed by atoms with Crippen molar-refractivity contribution in [3.63, 3.8) is 0 Å². The highest BCUT2D eigenvalue weighted by atomic mass is 19.4. The van der Waals surface area contributed by atoms with Crippen molar-refractivity contribution < 1.29 is 32.3 Å². The largest absolute Gasteiger partial charge is 0.573 e. The zero-order valence-corrected chi connectivity index (χ0v) is 20.1. The molecule has 4 N–H and O–H groups in total. The zero-order valence-electron chi connectivity index (χ0n) is 20.1. The molecule has 0 spiro atoms. The van der Waals surface area contributed by atoms with Gasteiger partial charge in [-0.05, 0) is 42.9 Å². The number of carbonyl (C=O) groups excluding carboxylic acids is 3. The van der Waals surface area contributed by atoms with Crippen LogP contribution in [0.5, 0.6) is 5.75 Å². The van der Waals surface area contributed by atoms with Gasteiger partial charge >= 0.3 is 6.36 Å². The maximum atomic E-state index is 13.1. The molecule has 12 heteroatoms. The third-order valence-corrected chi connectivity index (χ3v) is 5.69. The van der Waals surface area contributed by atoms with Gasteiger partial charge in [0.25, 0.3) is 5.91 Å². The number of nitriles is 1. The number of aromatic nitrogens is 1. The monoisotopic (exact) mass is 507 g/mol. The van der Waals surface area contributed by atoms with Gasteiger partial charge < -0.3 is 25.7 Å². The van der Waals surface area contributed by atoms with E-state index in [0.29, 0.717) is 13.0 Å². The predicted octanol–water partition coefficient (Wildman–Crippen LogP) is 3.14. The topological polar surface area (TPSA) is 136 Å². The summed E-state index contributed by atoms with van der Waals surface area (Å²) in [6.45, 7) is 6.12. The second kappa shape index (κ2) is 10.5. The molecule has 1 aliphatic rings. The highest BCUT2D eigenvalue weighted by Gasteiger charge is 2.33. The molecule has 9 nitrogen and oxygen atoms in total. The Kier molecular flexibility index (Phi) is 7.81. The average molecular weight is 508 g/mol. The average Bonchev–Trinajstić information content (AvgIpc) is 3.37. The number of H-pyrrole nitrogens is 1.